The Morgan fingerprint density at radius 3 is 2.28 bits per heavy atom. The molecule has 4 aromatic rings. The van der Waals surface area contributed by atoms with E-state index in [2.05, 4.69) is 11.1 Å². The quantitative estimate of drug-likeness (QED) is 0.317. The van der Waals surface area contributed by atoms with Crippen molar-refractivity contribution in [3.63, 3.8) is 0 Å². The molecular weight excluding hydrogens is 491 g/mol. The first-order valence-electron chi connectivity index (χ1n) is 12.6. The lowest BCUT2D eigenvalue weighted by Crippen LogP contribution is -2.44. The van der Waals surface area contributed by atoms with Crippen molar-refractivity contribution >= 4 is 28.8 Å². The Labute approximate surface area is 218 Å². The molecule has 36 heavy (non-hydrogen) atoms. The number of hydrogen-bond donors (Lipinski definition) is 1. The molecule has 1 N–H and O–H groups in total. The maximum Gasteiger partial charge on any atom is 0.274 e. The molecule has 4 bridgehead atoms. The van der Waals surface area contributed by atoms with E-state index in [1.165, 1.54) is 36.6 Å². The van der Waals surface area contributed by atoms with Crippen LogP contribution in [0.2, 0.25) is 10.0 Å². The van der Waals surface area contributed by atoms with Crippen molar-refractivity contribution in [2.45, 2.75) is 38.0 Å². The van der Waals surface area contributed by atoms with Gasteiger partial charge in [-0.25, -0.2) is 0 Å². The zero-order chi connectivity index (χ0) is 24.6. The van der Waals surface area contributed by atoms with Gasteiger partial charge in [0.25, 0.3) is 5.56 Å². The number of nitriles is 1. The second-order valence-corrected chi connectivity index (χ2v) is 11.7. The number of hydrogen-bond acceptors (Lipinski definition) is 3. The lowest BCUT2D eigenvalue weighted by Gasteiger charge is -2.54. The van der Waals surface area contributed by atoms with Gasteiger partial charge in [-0.05, 0) is 85.6 Å². The van der Waals surface area contributed by atoms with Crippen LogP contribution < -0.4 is 5.56 Å². The highest BCUT2D eigenvalue weighted by molar-refractivity contribution is 6.36. The standard InChI is InChI=1S/C29H24Cl2N4O/c30-21-5-6-22(23(31)12-21)27-28(26-19-8-16-7-17(10-19)11-20(26)9-16)34-35-25(36)13-24(33-29(27)35)18-3-1-15(14-32)2-4-18/h1-6,12-13,16-17,19-20,26,33H,7-11H2. The van der Waals surface area contributed by atoms with Crippen LogP contribution >= 0.6 is 23.2 Å². The van der Waals surface area contributed by atoms with E-state index < -0.39 is 0 Å². The van der Waals surface area contributed by atoms with Gasteiger partial charge in [-0.2, -0.15) is 14.9 Å². The van der Waals surface area contributed by atoms with Crippen molar-refractivity contribution in [3.05, 3.63) is 80.2 Å². The number of fused-ring (bicyclic) bond motifs is 1. The Balaban J connectivity index is 1.47. The average Bonchev–Trinajstić information content (AvgIpc) is 3.23. The van der Waals surface area contributed by atoms with E-state index in [4.69, 9.17) is 33.6 Å². The van der Waals surface area contributed by atoms with Crippen LogP contribution in [0.5, 0.6) is 0 Å². The molecule has 0 amide bonds. The Kier molecular flexibility index (Phi) is 5.06. The molecule has 0 unspecified atom stereocenters. The van der Waals surface area contributed by atoms with Gasteiger partial charge in [0.15, 0.2) is 0 Å². The fraction of sp³-hybridized carbons (Fsp3) is 0.345. The molecule has 0 saturated heterocycles. The van der Waals surface area contributed by atoms with Crippen LogP contribution in [0.3, 0.4) is 0 Å². The van der Waals surface area contributed by atoms with Crippen LogP contribution in [0.4, 0.5) is 0 Å². The summed E-state index contributed by atoms with van der Waals surface area (Å²) < 4.78 is 1.51. The largest absolute Gasteiger partial charge is 0.339 e. The van der Waals surface area contributed by atoms with E-state index in [1.807, 2.05) is 24.3 Å². The van der Waals surface area contributed by atoms with Gasteiger partial charge in [0.2, 0.25) is 0 Å². The molecule has 5 nitrogen and oxygen atoms in total. The molecule has 4 aliphatic carbocycles. The van der Waals surface area contributed by atoms with E-state index in [9.17, 15) is 4.79 Å². The van der Waals surface area contributed by atoms with Crippen LogP contribution in [-0.2, 0) is 0 Å². The van der Waals surface area contributed by atoms with Crippen LogP contribution in [-0.4, -0.2) is 14.6 Å². The molecule has 2 heterocycles. The van der Waals surface area contributed by atoms with Crippen LogP contribution in [0, 0.1) is 35.0 Å². The number of nitrogens with one attached hydrogen (secondary N) is 1. The molecule has 4 fully saturated rings. The van der Waals surface area contributed by atoms with Gasteiger partial charge in [-0.1, -0.05) is 41.4 Å². The summed E-state index contributed by atoms with van der Waals surface area (Å²) in [7, 11) is 0. The van der Waals surface area contributed by atoms with E-state index in [0.717, 1.165) is 34.2 Å². The highest BCUT2D eigenvalue weighted by Crippen LogP contribution is 2.60. The molecular formula is C29H24Cl2N4O. The topological polar surface area (TPSA) is 73.9 Å². The number of nitrogens with zero attached hydrogens (tertiary/aromatic N) is 3. The molecule has 4 aliphatic rings. The van der Waals surface area contributed by atoms with Gasteiger partial charge >= 0.3 is 0 Å². The summed E-state index contributed by atoms with van der Waals surface area (Å²) in [6, 6.07) is 16.5. The minimum absolute atomic E-state index is 0.190. The third kappa shape index (κ3) is 3.43. The van der Waals surface area contributed by atoms with Crippen LogP contribution in [0.1, 0.15) is 49.3 Å². The predicted octanol–water partition coefficient (Wildman–Crippen LogP) is 7.07. The van der Waals surface area contributed by atoms with Crippen LogP contribution in [0.15, 0.2) is 53.3 Å². The monoisotopic (exact) mass is 514 g/mol. The lowest BCUT2D eigenvalue weighted by atomic mass is 9.51. The van der Waals surface area contributed by atoms with Gasteiger partial charge in [-0.3, -0.25) is 4.79 Å². The summed E-state index contributed by atoms with van der Waals surface area (Å²) in [5, 5.41) is 15.3. The van der Waals surface area contributed by atoms with E-state index in [0.29, 0.717) is 44.7 Å². The number of rotatable bonds is 3. The Morgan fingerprint density at radius 2 is 1.64 bits per heavy atom. The van der Waals surface area contributed by atoms with Crippen LogP contribution in [0.25, 0.3) is 28.0 Å². The number of H-pyrrole nitrogens is 1. The molecule has 180 valence electrons. The summed E-state index contributed by atoms with van der Waals surface area (Å²) in [6.45, 7) is 0. The van der Waals surface area contributed by atoms with Crippen molar-refractivity contribution in [3.8, 4) is 28.5 Å². The number of benzene rings is 2. The summed E-state index contributed by atoms with van der Waals surface area (Å²) in [4.78, 5) is 16.9. The molecule has 0 aliphatic heterocycles. The highest BCUT2D eigenvalue weighted by Gasteiger charge is 2.50. The van der Waals surface area contributed by atoms with Gasteiger partial charge in [-0.15, -0.1) is 0 Å². The first-order chi connectivity index (χ1) is 17.5. The second-order valence-electron chi connectivity index (χ2n) is 10.8. The number of aromatic nitrogens is 3. The van der Waals surface area contributed by atoms with Crippen molar-refractivity contribution < 1.29 is 0 Å². The normalized spacial score (nSPS) is 26.4. The summed E-state index contributed by atoms with van der Waals surface area (Å²) in [5.74, 6) is 3.21. The fourth-order valence-corrected chi connectivity index (χ4v) is 8.00. The summed E-state index contributed by atoms with van der Waals surface area (Å²) in [6.07, 6.45) is 6.40. The van der Waals surface area contributed by atoms with E-state index in [1.54, 1.807) is 24.3 Å². The van der Waals surface area contributed by atoms with Crippen molar-refractivity contribution in [1.82, 2.24) is 14.6 Å². The first-order valence-corrected chi connectivity index (χ1v) is 13.4. The number of aromatic amines is 1. The molecule has 0 atom stereocenters. The fourth-order valence-electron chi connectivity index (χ4n) is 7.50. The zero-order valence-electron chi connectivity index (χ0n) is 19.5. The third-order valence-corrected chi connectivity index (χ3v) is 9.26. The molecule has 0 radical (unpaired) electrons. The van der Waals surface area contributed by atoms with Gasteiger partial charge in [0.1, 0.15) is 5.65 Å². The summed E-state index contributed by atoms with van der Waals surface area (Å²) in [5.41, 5.74) is 5.27. The molecule has 2 aromatic heterocycles. The van der Waals surface area contributed by atoms with Crippen molar-refractivity contribution in [2.24, 2.45) is 23.7 Å². The third-order valence-electron chi connectivity index (χ3n) is 8.71. The summed E-state index contributed by atoms with van der Waals surface area (Å²) >= 11 is 13.0. The molecule has 4 saturated carbocycles. The Morgan fingerprint density at radius 1 is 0.944 bits per heavy atom. The molecule has 7 heteroatoms. The highest BCUT2D eigenvalue weighted by atomic mass is 35.5. The van der Waals surface area contributed by atoms with Gasteiger partial charge in [0, 0.05) is 28.1 Å². The number of halogens is 2. The first kappa shape index (κ1) is 22.2. The van der Waals surface area contributed by atoms with Crippen molar-refractivity contribution in [2.75, 3.05) is 0 Å². The Bertz CT molecular complexity index is 1580. The maximum absolute atomic E-state index is 13.4. The average molecular weight is 515 g/mol. The molecule has 0 spiro atoms. The second kappa shape index (κ2) is 8.23. The van der Waals surface area contributed by atoms with Crippen molar-refractivity contribution in [1.29, 1.82) is 5.26 Å². The lowest BCUT2D eigenvalue weighted by molar-refractivity contribution is -0.00406. The predicted molar refractivity (Wildman–Crippen MR) is 141 cm³/mol. The Hall–Kier alpha value is -3.07. The minimum atomic E-state index is -0.190. The molecule has 2 aromatic carbocycles. The maximum atomic E-state index is 13.4. The van der Waals surface area contributed by atoms with Gasteiger partial charge < -0.3 is 4.98 Å². The van der Waals surface area contributed by atoms with E-state index in [-0.39, 0.29) is 5.56 Å². The zero-order valence-corrected chi connectivity index (χ0v) is 21.1. The van der Waals surface area contributed by atoms with E-state index >= 15 is 0 Å². The van der Waals surface area contributed by atoms with Gasteiger partial charge in [0.05, 0.1) is 28.0 Å². The smallest absolute Gasteiger partial charge is 0.274 e. The SMILES string of the molecule is N#Cc1ccc(-c2cc(=O)n3nc(C4C5CC6CC(C5)CC4C6)c(-c4ccc(Cl)cc4Cl)c3[nH]2)cc1. The minimum Gasteiger partial charge on any atom is -0.339 e. The molecule has 8 rings (SSSR count).